The minimum atomic E-state index is 0.826. The number of nitrogens with one attached hydrogen (secondary N) is 1. The maximum atomic E-state index is 3.67. The van der Waals surface area contributed by atoms with Crippen molar-refractivity contribution in [1.29, 1.82) is 0 Å². The molecule has 0 saturated heterocycles. The molecule has 0 bridgehead atoms. The molecular weight excluding hydrogens is 178 g/mol. The average Bonchev–Trinajstić information content (AvgIpc) is 2.08. The molecule has 1 N–H and O–H groups in total. The Kier molecular flexibility index (Phi) is 6.73. The van der Waals surface area contributed by atoms with Gasteiger partial charge in [0.05, 0.1) is 0 Å². The van der Waals surface area contributed by atoms with Crippen molar-refractivity contribution < 1.29 is 0 Å². The van der Waals surface area contributed by atoms with Crippen LogP contribution in [0.4, 0.5) is 0 Å². The smallest absolute Gasteiger partial charge is 0.00673 e. The first-order chi connectivity index (χ1) is 6.43. The summed E-state index contributed by atoms with van der Waals surface area (Å²) >= 11 is 1.94. The minimum absolute atomic E-state index is 0.826. The van der Waals surface area contributed by atoms with Crippen LogP contribution in [0.5, 0.6) is 0 Å². The molecule has 0 aromatic carbocycles. The second kappa shape index (κ2) is 7.69. The zero-order valence-electron chi connectivity index (χ0n) is 8.85. The first kappa shape index (κ1) is 11.4. The van der Waals surface area contributed by atoms with Crippen LogP contribution in [0.1, 0.15) is 44.9 Å². The summed E-state index contributed by atoms with van der Waals surface area (Å²) < 4.78 is 0. The first-order valence-electron chi connectivity index (χ1n) is 5.66. The normalized spacial score (nSPS) is 21.0. The molecule has 1 rings (SSSR count). The average molecular weight is 201 g/mol. The fourth-order valence-corrected chi connectivity index (χ4v) is 2.35. The summed E-state index contributed by atoms with van der Waals surface area (Å²) in [6, 6.07) is 0.826. The third-order valence-corrected chi connectivity index (χ3v) is 3.46. The Hall–Kier alpha value is 0.310. The molecule has 1 aliphatic carbocycles. The maximum absolute atomic E-state index is 3.67. The zero-order chi connectivity index (χ0) is 9.36. The number of rotatable bonds is 4. The van der Waals surface area contributed by atoms with Crippen molar-refractivity contribution in [2.75, 3.05) is 18.6 Å². The quantitative estimate of drug-likeness (QED) is 0.702. The van der Waals surface area contributed by atoms with E-state index in [0.717, 1.165) is 6.04 Å². The van der Waals surface area contributed by atoms with E-state index in [1.54, 1.807) is 0 Å². The van der Waals surface area contributed by atoms with Gasteiger partial charge in [0.15, 0.2) is 0 Å². The molecule has 0 atom stereocenters. The van der Waals surface area contributed by atoms with Gasteiger partial charge in [0.25, 0.3) is 0 Å². The fourth-order valence-electron chi connectivity index (χ4n) is 2.03. The number of hydrogen-bond acceptors (Lipinski definition) is 2. The first-order valence-corrected chi connectivity index (χ1v) is 7.05. The highest BCUT2D eigenvalue weighted by Crippen LogP contribution is 2.16. The molecule has 0 spiro atoms. The van der Waals surface area contributed by atoms with E-state index >= 15 is 0 Å². The second-order valence-corrected chi connectivity index (χ2v) is 4.97. The maximum Gasteiger partial charge on any atom is 0.00673 e. The molecule has 0 heterocycles. The van der Waals surface area contributed by atoms with E-state index in [-0.39, 0.29) is 0 Å². The number of hydrogen-bond donors (Lipinski definition) is 1. The third kappa shape index (κ3) is 5.58. The summed E-state index contributed by atoms with van der Waals surface area (Å²) in [6.45, 7) is 1.20. The molecular formula is C11H23NS. The van der Waals surface area contributed by atoms with Gasteiger partial charge < -0.3 is 5.32 Å². The van der Waals surface area contributed by atoms with E-state index in [2.05, 4.69) is 11.6 Å². The largest absolute Gasteiger partial charge is 0.313 e. The summed E-state index contributed by atoms with van der Waals surface area (Å²) in [5.41, 5.74) is 0. The SMILES string of the molecule is CSCCNC1CCCCCCC1. The van der Waals surface area contributed by atoms with Gasteiger partial charge in [0, 0.05) is 18.3 Å². The standard InChI is InChI=1S/C11H23NS/c1-13-10-9-12-11-7-5-3-2-4-6-8-11/h11-12H,2-10H2,1H3. The summed E-state index contributed by atoms with van der Waals surface area (Å²) in [5, 5.41) is 3.67. The molecule has 1 nitrogen and oxygen atoms in total. The van der Waals surface area contributed by atoms with Crippen molar-refractivity contribution in [2.45, 2.75) is 51.0 Å². The summed E-state index contributed by atoms with van der Waals surface area (Å²) in [5.74, 6) is 1.26. The van der Waals surface area contributed by atoms with Crippen LogP contribution in [0.2, 0.25) is 0 Å². The fraction of sp³-hybridized carbons (Fsp3) is 1.00. The molecule has 0 aromatic rings. The summed E-state index contributed by atoms with van der Waals surface area (Å²) in [6.07, 6.45) is 12.3. The molecule has 0 radical (unpaired) electrons. The van der Waals surface area contributed by atoms with Crippen LogP contribution in [-0.2, 0) is 0 Å². The highest BCUT2D eigenvalue weighted by Gasteiger charge is 2.09. The van der Waals surface area contributed by atoms with Crippen molar-refractivity contribution in [3.8, 4) is 0 Å². The van der Waals surface area contributed by atoms with Gasteiger partial charge in [0.1, 0.15) is 0 Å². The Balaban J connectivity index is 2.06. The van der Waals surface area contributed by atoms with E-state index < -0.39 is 0 Å². The molecule has 1 fully saturated rings. The van der Waals surface area contributed by atoms with Gasteiger partial charge in [-0.1, -0.05) is 32.1 Å². The Bertz CT molecular complexity index is 109. The minimum Gasteiger partial charge on any atom is -0.313 e. The lowest BCUT2D eigenvalue weighted by Crippen LogP contribution is -2.31. The Morgan fingerprint density at radius 2 is 1.69 bits per heavy atom. The predicted molar refractivity (Wildman–Crippen MR) is 62.5 cm³/mol. The van der Waals surface area contributed by atoms with Gasteiger partial charge in [-0.05, 0) is 19.1 Å². The van der Waals surface area contributed by atoms with Crippen LogP contribution in [0.25, 0.3) is 0 Å². The molecule has 1 aliphatic rings. The summed E-state index contributed by atoms with van der Waals surface area (Å²) in [7, 11) is 0. The highest BCUT2D eigenvalue weighted by atomic mass is 32.2. The van der Waals surface area contributed by atoms with Crippen molar-refractivity contribution in [3.63, 3.8) is 0 Å². The summed E-state index contributed by atoms with van der Waals surface area (Å²) in [4.78, 5) is 0. The Morgan fingerprint density at radius 3 is 2.31 bits per heavy atom. The molecule has 1 saturated carbocycles. The highest BCUT2D eigenvalue weighted by molar-refractivity contribution is 7.98. The zero-order valence-corrected chi connectivity index (χ0v) is 9.67. The van der Waals surface area contributed by atoms with Crippen LogP contribution < -0.4 is 5.32 Å². The van der Waals surface area contributed by atoms with Crippen LogP contribution in [-0.4, -0.2) is 24.6 Å². The van der Waals surface area contributed by atoms with Gasteiger partial charge in [-0.25, -0.2) is 0 Å². The molecule has 13 heavy (non-hydrogen) atoms. The molecule has 78 valence electrons. The van der Waals surface area contributed by atoms with Crippen LogP contribution in [0.3, 0.4) is 0 Å². The van der Waals surface area contributed by atoms with Crippen molar-refractivity contribution in [2.24, 2.45) is 0 Å². The van der Waals surface area contributed by atoms with E-state index in [0.29, 0.717) is 0 Å². The van der Waals surface area contributed by atoms with Crippen molar-refractivity contribution >= 4 is 11.8 Å². The van der Waals surface area contributed by atoms with Crippen molar-refractivity contribution in [1.82, 2.24) is 5.32 Å². The van der Waals surface area contributed by atoms with E-state index in [1.165, 1.54) is 57.2 Å². The van der Waals surface area contributed by atoms with Gasteiger partial charge in [0.2, 0.25) is 0 Å². The lowest BCUT2D eigenvalue weighted by Gasteiger charge is -2.20. The van der Waals surface area contributed by atoms with E-state index in [4.69, 9.17) is 0 Å². The Labute approximate surface area is 87.1 Å². The van der Waals surface area contributed by atoms with Gasteiger partial charge >= 0.3 is 0 Å². The van der Waals surface area contributed by atoms with Crippen LogP contribution in [0, 0.1) is 0 Å². The van der Waals surface area contributed by atoms with E-state index in [9.17, 15) is 0 Å². The van der Waals surface area contributed by atoms with E-state index in [1.807, 2.05) is 11.8 Å². The van der Waals surface area contributed by atoms with Gasteiger partial charge in [-0.2, -0.15) is 11.8 Å². The molecule has 2 heteroatoms. The van der Waals surface area contributed by atoms with Gasteiger partial charge in [-0.15, -0.1) is 0 Å². The molecule has 0 amide bonds. The van der Waals surface area contributed by atoms with Gasteiger partial charge in [-0.3, -0.25) is 0 Å². The monoisotopic (exact) mass is 201 g/mol. The Morgan fingerprint density at radius 1 is 1.08 bits per heavy atom. The molecule has 0 aliphatic heterocycles. The van der Waals surface area contributed by atoms with Crippen molar-refractivity contribution in [3.05, 3.63) is 0 Å². The topological polar surface area (TPSA) is 12.0 Å². The lowest BCUT2D eigenvalue weighted by atomic mass is 9.97. The predicted octanol–water partition coefficient (Wildman–Crippen LogP) is 3.05. The molecule has 0 unspecified atom stereocenters. The second-order valence-electron chi connectivity index (χ2n) is 3.99. The molecule has 0 aromatic heterocycles. The van der Waals surface area contributed by atoms with Crippen LogP contribution in [0.15, 0.2) is 0 Å². The third-order valence-electron chi connectivity index (χ3n) is 2.84. The lowest BCUT2D eigenvalue weighted by molar-refractivity contribution is 0.397. The van der Waals surface area contributed by atoms with Crippen LogP contribution >= 0.6 is 11.8 Å². The number of thioether (sulfide) groups is 1.